The molecule has 0 aliphatic carbocycles. The van der Waals surface area contributed by atoms with Crippen molar-refractivity contribution in [2.24, 2.45) is 0 Å². The number of carbonyl (C=O) groups is 2. The van der Waals surface area contributed by atoms with E-state index in [1.807, 2.05) is 6.92 Å². The zero-order valence-corrected chi connectivity index (χ0v) is 18.1. The first-order chi connectivity index (χ1) is 14.5. The van der Waals surface area contributed by atoms with Gasteiger partial charge in [0.2, 0.25) is 0 Å². The molecule has 1 aliphatic heterocycles. The minimum atomic E-state index is -0.428. The molecular formula is C23H24N2O4S. The van der Waals surface area contributed by atoms with E-state index in [2.05, 4.69) is 19.1 Å². The lowest BCUT2D eigenvalue weighted by atomic mass is 10.1. The largest absolute Gasteiger partial charge is 0.465 e. The molecule has 30 heavy (non-hydrogen) atoms. The summed E-state index contributed by atoms with van der Waals surface area (Å²) in [6.45, 7) is 5.27. The normalized spacial score (nSPS) is 16.0. The summed E-state index contributed by atoms with van der Waals surface area (Å²) in [5.41, 5.74) is 4.09. The van der Waals surface area contributed by atoms with Gasteiger partial charge in [-0.3, -0.25) is 9.69 Å². The smallest absolute Gasteiger partial charge is 0.337 e. The summed E-state index contributed by atoms with van der Waals surface area (Å²) in [7, 11) is 1.33. The Labute approximate surface area is 179 Å². The van der Waals surface area contributed by atoms with Crippen LogP contribution in [0.3, 0.4) is 0 Å². The molecule has 1 unspecified atom stereocenters. The summed E-state index contributed by atoms with van der Waals surface area (Å²) in [5, 5.41) is 0.663. The number of benzene rings is 2. The Balaban J connectivity index is 1.70. The predicted octanol–water partition coefficient (Wildman–Crippen LogP) is 4.53. The zero-order chi connectivity index (χ0) is 21.3. The Hall–Kier alpha value is -2.77. The number of nitrogens with zero attached hydrogens (tertiary/aromatic N) is 2. The Morgan fingerprint density at radius 2 is 1.93 bits per heavy atom. The van der Waals surface area contributed by atoms with Gasteiger partial charge in [-0.2, -0.15) is 0 Å². The Morgan fingerprint density at radius 3 is 2.60 bits per heavy atom. The van der Waals surface area contributed by atoms with Crippen molar-refractivity contribution in [3.8, 4) is 0 Å². The predicted molar refractivity (Wildman–Crippen MR) is 118 cm³/mol. The van der Waals surface area contributed by atoms with Crippen LogP contribution >= 0.6 is 11.3 Å². The first-order valence-corrected chi connectivity index (χ1v) is 10.8. The van der Waals surface area contributed by atoms with Crippen LogP contribution in [0.2, 0.25) is 0 Å². The monoisotopic (exact) mass is 424 g/mol. The summed E-state index contributed by atoms with van der Waals surface area (Å²) < 4.78 is 11.6. The van der Waals surface area contributed by atoms with E-state index < -0.39 is 5.97 Å². The lowest BCUT2D eigenvalue weighted by Crippen LogP contribution is -2.37. The van der Waals surface area contributed by atoms with Crippen molar-refractivity contribution >= 4 is 38.6 Å². The Kier molecular flexibility index (Phi) is 5.83. The van der Waals surface area contributed by atoms with E-state index in [9.17, 15) is 9.59 Å². The second-order valence-electron chi connectivity index (χ2n) is 7.54. The second kappa shape index (κ2) is 8.53. The summed E-state index contributed by atoms with van der Waals surface area (Å²) >= 11 is 1.52. The lowest BCUT2D eigenvalue weighted by molar-refractivity contribution is 0.0600. The van der Waals surface area contributed by atoms with Crippen molar-refractivity contribution in [2.75, 3.05) is 25.2 Å². The molecule has 0 radical (unpaired) electrons. The minimum absolute atomic E-state index is 0.00172. The highest BCUT2D eigenvalue weighted by Gasteiger charge is 2.27. The number of esters is 1. The van der Waals surface area contributed by atoms with Gasteiger partial charge >= 0.3 is 5.97 Å². The minimum Gasteiger partial charge on any atom is -0.465 e. The molecule has 0 N–H and O–H groups in total. The molecule has 7 heteroatoms. The van der Waals surface area contributed by atoms with Crippen LogP contribution in [0.15, 0.2) is 36.4 Å². The van der Waals surface area contributed by atoms with Gasteiger partial charge in [0.1, 0.15) is 0 Å². The van der Waals surface area contributed by atoms with Crippen LogP contribution in [0.25, 0.3) is 10.2 Å². The molecule has 1 amide bonds. The number of amides is 1. The maximum atomic E-state index is 13.4. The third kappa shape index (κ3) is 4.08. The number of aromatic nitrogens is 1. The topological polar surface area (TPSA) is 68.7 Å². The van der Waals surface area contributed by atoms with Gasteiger partial charge in [-0.1, -0.05) is 17.4 Å². The van der Waals surface area contributed by atoms with Gasteiger partial charge in [0.15, 0.2) is 5.13 Å². The first kappa shape index (κ1) is 20.5. The van der Waals surface area contributed by atoms with E-state index in [-0.39, 0.29) is 12.0 Å². The molecule has 2 heterocycles. The zero-order valence-electron chi connectivity index (χ0n) is 17.3. The molecule has 4 rings (SSSR count). The maximum Gasteiger partial charge on any atom is 0.337 e. The maximum absolute atomic E-state index is 13.4. The number of fused-ring (bicyclic) bond motifs is 1. The molecule has 1 aliphatic rings. The fourth-order valence-electron chi connectivity index (χ4n) is 3.74. The standard InChI is InChI=1S/C23H24N2O4S/c1-14-11-15(2)20-19(12-14)30-23(24-20)25(13-18-5-4-10-29-18)21(26)16-6-8-17(9-7-16)22(27)28-3/h6-9,11-12,18H,4-5,10,13H2,1-3H3. The van der Waals surface area contributed by atoms with Gasteiger partial charge < -0.3 is 9.47 Å². The molecule has 2 aromatic carbocycles. The van der Waals surface area contributed by atoms with Crippen molar-refractivity contribution in [1.82, 2.24) is 4.98 Å². The third-order valence-electron chi connectivity index (χ3n) is 5.26. The summed E-state index contributed by atoms with van der Waals surface area (Å²) in [6.07, 6.45) is 1.92. The number of anilines is 1. The van der Waals surface area contributed by atoms with E-state index in [4.69, 9.17) is 14.5 Å². The molecule has 1 aromatic heterocycles. The molecule has 1 saturated heterocycles. The van der Waals surface area contributed by atoms with Crippen LogP contribution < -0.4 is 4.90 Å². The van der Waals surface area contributed by atoms with Crippen LogP contribution in [0.1, 0.15) is 44.7 Å². The highest BCUT2D eigenvalue weighted by molar-refractivity contribution is 7.22. The van der Waals surface area contributed by atoms with Gasteiger partial charge in [0, 0.05) is 12.2 Å². The van der Waals surface area contributed by atoms with Gasteiger partial charge in [0.25, 0.3) is 5.91 Å². The van der Waals surface area contributed by atoms with Crippen molar-refractivity contribution < 1.29 is 19.1 Å². The summed E-state index contributed by atoms with van der Waals surface area (Å²) in [6, 6.07) is 10.7. The number of hydrogen-bond donors (Lipinski definition) is 0. The van der Waals surface area contributed by atoms with E-state index >= 15 is 0 Å². The summed E-state index contributed by atoms with van der Waals surface area (Å²) in [5.74, 6) is -0.586. The van der Waals surface area contributed by atoms with Crippen molar-refractivity contribution in [3.63, 3.8) is 0 Å². The summed E-state index contributed by atoms with van der Waals surface area (Å²) in [4.78, 5) is 31.6. The molecular weight excluding hydrogens is 400 g/mol. The molecule has 0 bridgehead atoms. The Bertz CT molecular complexity index is 1080. The lowest BCUT2D eigenvalue weighted by Gasteiger charge is -2.23. The molecule has 6 nitrogen and oxygen atoms in total. The number of carbonyl (C=O) groups excluding carboxylic acids is 2. The van der Waals surface area contributed by atoms with E-state index in [0.29, 0.717) is 22.8 Å². The molecule has 0 saturated carbocycles. The van der Waals surface area contributed by atoms with Crippen LogP contribution in [0.5, 0.6) is 0 Å². The second-order valence-corrected chi connectivity index (χ2v) is 8.55. The van der Waals surface area contributed by atoms with Gasteiger partial charge in [0.05, 0.1) is 35.5 Å². The number of rotatable bonds is 5. The SMILES string of the molecule is COC(=O)c1ccc(C(=O)N(CC2CCCO2)c2nc3c(C)cc(C)cc3s2)cc1. The van der Waals surface area contributed by atoms with Gasteiger partial charge in [-0.25, -0.2) is 9.78 Å². The van der Waals surface area contributed by atoms with Gasteiger partial charge in [-0.15, -0.1) is 0 Å². The first-order valence-electron chi connectivity index (χ1n) is 9.96. The third-order valence-corrected chi connectivity index (χ3v) is 6.28. The Morgan fingerprint density at radius 1 is 1.20 bits per heavy atom. The average molecular weight is 425 g/mol. The number of thiazole rings is 1. The number of ether oxygens (including phenoxy) is 2. The number of aryl methyl sites for hydroxylation is 2. The van der Waals surface area contributed by atoms with Crippen LogP contribution in [0.4, 0.5) is 5.13 Å². The quantitative estimate of drug-likeness (QED) is 0.563. The van der Waals surface area contributed by atoms with Crippen molar-refractivity contribution in [1.29, 1.82) is 0 Å². The van der Waals surface area contributed by atoms with E-state index in [0.717, 1.165) is 35.2 Å². The van der Waals surface area contributed by atoms with E-state index in [1.54, 1.807) is 29.2 Å². The van der Waals surface area contributed by atoms with Crippen LogP contribution in [-0.4, -0.2) is 43.2 Å². The molecule has 156 valence electrons. The highest BCUT2D eigenvalue weighted by atomic mass is 32.1. The highest BCUT2D eigenvalue weighted by Crippen LogP contribution is 2.33. The average Bonchev–Trinajstić information content (AvgIpc) is 3.40. The van der Waals surface area contributed by atoms with Crippen molar-refractivity contribution in [3.05, 3.63) is 58.7 Å². The van der Waals surface area contributed by atoms with Crippen LogP contribution in [0, 0.1) is 13.8 Å². The fraction of sp³-hybridized carbons (Fsp3) is 0.348. The number of methoxy groups -OCH3 is 1. The van der Waals surface area contributed by atoms with Gasteiger partial charge in [-0.05, 0) is 68.1 Å². The molecule has 1 atom stereocenters. The molecule has 1 fully saturated rings. The fourth-order valence-corrected chi connectivity index (χ4v) is 4.89. The van der Waals surface area contributed by atoms with E-state index in [1.165, 1.54) is 24.0 Å². The van der Waals surface area contributed by atoms with Crippen LogP contribution in [-0.2, 0) is 9.47 Å². The molecule has 3 aromatic rings. The number of hydrogen-bond acceptors (Lipinski definition) is 6. The molecule has 0 spiro atoms. The van der Waals surface area contributed by atoms with Crippen molar-refractivity contribution in [2.45, 2.75) is 32.8 Å².